The second-order valence-electron chi connectivity index (χ2n) is 1.53. The minimum Gasteiger partial charge on any atom is -0.234 e. The van der Waals surface area contributed by atoms with E-state index in [-0.39, 0.29) is 0 Å². The van der Waals surface area contributed by atoms with Crippen LogP contribution in [0.15, 0.2) is 5.70 Å². The standard InChI is InChI=1S/C4H8OSi/c1-6(2)4-3-5/h4,6H,1-2H3. The van der Waals surface area contributed by atoms with Crippen LogP contribution in [0.5, 0.6) is 0 Å². The van der Waals surface area contributed by atoms with Crippen LogP contribution in [0.25, 0.3) is 0 Å². The summed E-state index contributed by atoms with van der Waals surface area (Å²) < 4.78 is 0. The van der Waals surface area contributed by atoms with E-state index in [1.54, 1.807) is 11.6 Å². The fourth-order valence-corrected chi connectivity index (χ4v) is 0.408. The van der Waals surface area contributed by atoms with Gasteiger partial charge in [0.1, 0.15) is 5.94 Å². The largest absolute Gasteiger partial charge is 0.234 e. The van der Waals surface area contributed by atoms with Crippen LogP contribution in [0, 0.1) is 0 Å². The van der Waals surface area contributed by atoms with E-state index < -0.39 is 8.80 Å². The predicted molar refractivity (Wildman–Crippen MR) is 29.1 cm³/mol. The summed E-state index contributed by atoms with van der Waals surface area (Å²) in [5.74, 6) is 1.75. The van der Waals surface area contributed by atoms with E-state index in [2.05, 4.69) is 13.1 Å². The van der Waals surface area contributed by atoms with Gasteiger partial charge in [-0.15, -0.1) is 0 Å². The van der Waals surface area contributed by atoms with Crippen LogP contribution in [-0.2, 0) is 4.79 Å². The SMILES string of the molecule is C[SiH](C)C=C=O. The van der Waals surface area contributed by atoms with E-state index in [0.29, 0.717) is 0 Å². The highest BCUT2D eigenvalue weighted by Crippen LogP contribution is 1.73. The maximum absolute atomic E-state index is 9.47. The minimum absolute atomic E-state index is 0.719. The molecule has 34 valence electrons. The van der Waals surface area contributed by atoms with Crippen LogP contribution in [-0.4, -0.2) is 14.7 Å². The molecule has 0 heterocycles. The Labute approximate surface area is 39.3 Å². The van der Waals surface area contributed by atoms with E-state index in [4.69, 9.17) is 0 Å². The third-order valence-electron chi connectivity index (χ3n) is 0.401. The molecular weight excluding hydrogens is 92.1 g/mol. The summed E-state index contributed by atoms with van der Waals surface area (Å²) in [5.41, 5.74) is 1.62. The van der Waals surface area contributed by atoms with Gasteiger partial charge in [0.15, 0.2) is 0 Å². The third-order valence-corrected chi connectivity index (χ3v) is 1.20. The quantitative estimate of drug-likeness (QED) is 0.344. The molecule has 0 aliphatic rings. The molecule has 0 rings (SSSR count). The summed E-state index contributed by atoms with van der Waals surface area (Å²) in [4.78, 5) is 9.47. The highest BCUT2D eigenvalue weighted by Gasteiger charge is 1.81. The monoisotopic (exact) mass is 100 g/mol. The molecule has 0 N–H and O–H groups in total. The normalized spacial score (nSPS) is 7.83. The molecule has 0 aromatic heterocycles. The zero-order valence-corrected chi connectivity index (χ0v) is 5.22. The van der Waals surface area contributed by atoms with Crippen LogP contribution in [0.1, 0.15) is 0 Å². The maximum Gasteiger partial charge on any atom is 0.115 e. The molecule has 1 nitrogen and oxygen atoms in total. The Hall–Kier alpha value is -0.333. The molecule has 2 heteroatoms. The second kappa shape index (κ2) is 2.88. The number of carbonyl (C=O) groups excluding carboxylic acids is 1. The van der Waals surface area contributed by atoms with Gasteiger partial charge in [-0.05, 0) is 5.70 Å². The van der Waals surface area contributed by atoms with Crippen molar-refractivity contribution in [2.75, 3.05) is 0 Å². The van der Waals surface area contributed by atoms with Crippen molar-refractivity contribution in [1.82, 2.24) is 0 Å². The zero-order valence-electron chi connectivity index (χ0n) is 4.06. The van der Waals surface area contributed by atoms with Crippen LogP contribution in [0.4, 0.5) is 0 Å². The molecule has 0 aliphatic heterocycles. The van der Waals surface area contributed by atoms with Crippen LogP contribution < -0.4 is 0 Å². The second-order valence-corrected chi connectivity index (χ2v) is 4.35. The van der Waals surface area contributed by atoms with Crippen molar-refractivity contribution in [3.05, 3.63) is 5.70 Å². The van der Waals surface area contributed by atoms with Gasteiger partial charge in [-0.3, -0.25) is 0 Å². The molecule has 0 atom stereocenters. The number of hydrogen-bond donors (Lipinski definition) is 0. The summed E-state index contributed by atoms with van der Waals surface area (Å²) in [5, 5.41) is 0. The van der Waals surface area contributed by atoms with Gasteiger partial charge < -0.3 is 0 Å². The van der Waals surface area contributed by atoms with Crippen molar-refractivity contribution in [3.63, 3.8) is 0 Å². The first-order chi connectivity index (χ1) is 2.77. The molecule has 0 unspecified atom stereocenters. The first kappa shape index (κ1) is 5.67. The molecule has 0 aromatic rings. The first-order valence-corrected chi connectivity index (χ1v) is 4.96. The lowest BCUT2D eigenvalue weighted by atomic mass is 11.2. The lowest BCUT2D eigenvalue weighted by Crippen LogP contribution is -1.91. The molecular formula is C4H8OSi. The van der Waals surface area contributed by atoms with E-state index in [1.807, 2.05) is 0 Å². The fourth-order valence-electron chi connectivity index (χ4n) is 0.136. The molecule has 0 saturated carbocycles. The number of hydrogen-bond acceptors (Lipinski definition) is 1. The van der Waals surface area contributed by atoms with Crippen LogP contribution in [0.2, 0.25) is 13.1 Å². The van der Waals surface area contributed by atoms with Crippen molar-refractivity contribution in [1.29, 1.82) is 0 Å². The van der Waals surface area contributed by atoms with Crippen molar-refractivity contribution >= 4 is 14.7 Å². The van der Waals surface area contributed by atoms with Crippen LogP contribution >= 0.6 is 0 Å². The summed E-state index contributed by atoms with van der Waals surface area (Å²) in [6.45, 7) is 4.15. The Morgan fingerprint density at radius 2 is 2.17 bits per heavy atom. The average molecular weight is 100 g/mol. The molecule has 0 radical (unpaired) electrons. The Morgan fingerprint density at radius 3 is 2.17 bits per heavy atom. The van der Waals surface area contributed by atoms with Gasteiger partial charge in [0.2, 0.25) is 0 Å². The predicted octanol–water partition coefficient (Wildman–Crippen LogP) is 0.400. The highest BCUT2D eigenvalue weighted by atomic mass is 28.3. The average Bonchev–Trinajstić information content (AvgIpc) is 1.35. The minimum atomic E-state index is -0.719. The molecule has 0 amide bonds. The fraction of sp³-hybridized carbons (Fsp3) is 0.500. The van der Waals surface area contributed by atoms with Gasteiger partial charge in [0.25, 0.3) is 0 Å². The van der Waals surface area contributed by atoms with Gasteiger partial charge in [-0.2, -0.15) is 0 Å². The lowest BCUT2D eigenvalue weighted by molar-refractivity contribution is 0.569. The molecule has 6 heavy (non-hydrogen) atoms. The van der Waals surface area contributed by atoms with Gasteiger partial charge in [0.05, 0.1) is 8.80 Å². The van der Waals surface area contributed by atoms with Crippen molar-refractivity contribution in [2.24, 2.45) is 0 Å². The Kier molecular flexibility index (Phi) is 2.72. The first-order valence-electron chi connectivity index (χ1n) is 1.98. The van der Waals surface area contributed by atoms with Gasteiger partial charge in [-0.25, -0.2) is 4.79 Å². The van der Waals surface area contributed by atoms with Gasteiger partial charge in [0, 0.05) is 0 Å². The molecule has 0 saturated heterocycles. The van der Waals surface area contributed by atoms with E-state index >= 15 is 0 Å². The topological polar surface area (TPSA) is 17.1 Å². The Bertz CT molecular complexity index is 71.6. The van der Waals surface area contributed by atoms with E-state index in [1.165, 1.54) is 0 Å². The summed E-state index contributed by atoms with van der Waals surface area (Å²) in [6, 6.07) is 0. The lowest BCUT2D eigenvalue weighted by Gasteiger charge is -1.78. The summed E-state index contributed by atoms with van der Waals surface area (Å²) >= 11 is 0. The smallest absolute Gasteiger partial charge is 0.115 e. The van der Waals surface area contributed by atoms with Crippen molar-refractivity contribution in [2.45, 2.75) is 13.1 Å². The molecule has 0 aromatic carbocycles. The zero-order chi connectivity index (χ0) is 4.99. The third kappa shape index (κ3) is 3.67. The highest BCUT2D eigenvalue weighted by molar-refractivity contribution is 6.62. The summed E-state index contributed by atoms with van der Waals surface area (Å²) in [6.07, 6.45) is 0. The summed E-state index contributed by atoms with van der Waals surface area (Å²) in [7, 11) is -0.719. The van der Waals surface area contributed by atoms with E-state index in [9.17, 15) is 4.79 Å². The van der Waals surface area contributed by atoms with Gasteiger partial charge >= 0.3 is 0 Å². The maximum atomic E-state index is 9.47. The van der Waals surface area contributed by atoms with Crippen LogP contribution in [0.3, 0.4) is 0 Å². The van der Waals surface area contributed by atoms with Gasteiger partial charge in [-0.1, -0.05) is 13.1 Å². The number of rotatable bonds is 1. The molecule has 0 fully saturated rings. The van der Waals surface area contributed by atoms with Crippen molar-refractivity contribution in [3.8, 4) is 0 Å². The molecule has 0 bridgehead atoms. The Balaban J connectivity index is 3.29. The molecule has 0 aliphatic carbocycles. The Morgan fingerprint density at radius 1 is 1.67 bits per heavy atom. The van der Waals surface area contributed by atoms with E-state index in [0.717, 1.165) is 0 Å². The van der Waals surface area contributed by atoms with Crippen molar-refractivity contribution < 1.29 is 4.79 Å². The molecule has 0 spiro atoms.